The average Bonchev–Trinajstić information content (AvgIpc) is 3.20. The maximum absolute atomic E-state index is 13.4. The zero-order valence-electron chi connectivity index (χ0n) is 12.9. The Morgan fingerprint density at radius 3 is 2.80 bits per heavy atom. The number of aromatic nitrogens is 4. The first-order valence-electron chi connectivity index (χ1n) is 7.70. The van der Waals surface area contributed by atoms with E-state index in [0.29, 0.717) is 16.9 Å². The number of β-amino-alcohol motifs (C(OH)–C–C–N with tert-alkyl or cyclic N) is 1. The fraction of sp³-hybridized carbons (Fsp3) is 0.312. The van der Waals surface area contributed by atoms with Crippen molar-refractivity contribution >= 4 is 16.9 Å². The van der Waals surface area contributed by atoms with Gasteiger partial charge in [0.2, 0.25) is 0 Å². The van der Waals surface area contributed by atoms with Crippen LogP contribution in [0.4, 0.5) is 19.0 Å². The summed E-state index contributed by atoms with van der Waals surface area (Å²) in [5.41, 5.74) is -0.0763. The summed E-state index contributed by atoms with van der Waals surface area (Å²) in [7, 11) is 0. The number of nitrogens with one attached hydrogen (secondary N) is 1. The molecule has 0 aliphatic carbocycles. The molecule has 130 valence electrons. The van der Waals surface area contributed by atoms with E-state index in [2.05, 4.69) is 20.2 Å². The molecule has 1 aromatic carbocycles. The Bertz CT molecular complexity index is 910. The highest BCUT2D eigenvalue weighted by Gasteiger charge is 2.40. The summed E-state index contributed by atoms with van der Waals surface area (Å²) in [6.45, 7) is 0.189. The second-order valence-electron chi connectivity index (χ2n) is 5.97. The molecule has 4 rings (SSSR count). The lowest BCUT2D eigenvalue weighted by atomic mass is 9.97. The lowest BCUT2D eigenvalue weighted by molar-refractivity contribution is -0.138. The number of alkyl halides is 3. The third kappa shape index (κ3) is 2.70. The van der Waals surface area contributed by atoms with Gasteiger partial charge in [-0.3, -0.25) is 5.10 Å². The minimum atomic E-state index is -4.47. The number of aliphatic hydroxyl groups is 1. The van der Waals surface area contributed by atoms with Gasteiger partial charge in [-0.05, 0) is 18.1 Å². The number of hydrogen-bond acceptors (Lipinski definition) is 5. The first kappa shape index (κ1) is 15.8. The number of aromatic amines is 1. The highest BCUT2D eigenvalue weighted by atomic mass is 19.4. The van der Waals surface area contributed by atoms with E-state index < -0.39 is 23.9 Å². The van der Waals surface area contributed by atoms with Crippen molar-refractivity contribution < 1.29 is 18.3 Å². The van der Waals surface area contributed by atoms with Crippen molar-refractivity contribution in [3.05, 3.63) is 47.9 Å². The molecule has 0 radical (unpaired) electrons. The fourth-order valence-corrected chi connectivity index (χ4v) is 3.37. The summed E-state index contributed by atoms with van der Waals surface area (Å²) in [6.07, 6.45) is -2.17. The van der Waals surface area contributed by atoms with Crippen LogP contribution in [0.3, 0.4) is 0 Å². The van der Waals surface area contributed by atoms with E-state index >= 15 is 0 Å². The molecule has 1 aliphatic rings. The summed E-state index contributed by atoms with van der Waals surface area (Å²) in [6, 6.07) is 4.81. The van der Waals surface area contributed by atoms with Crippen molar-refractivity contribution in [1.29, 1.82) is 0 Å². The zero-order valence-corrected chi connectivity index (χ0v) is 12.9. The molecule has 1 saturated heterocycles. The van der Waals surface area contributed by atoms with E-state index in [0.717, 1.165) is 6.07 Å². The van der Waals surface area contributed by atoms with Gasteiger partial charge in [-0.15, -0.1) is 0 Å². The molecule has 1 aliphatic heterocycles. The Hall–Kier alpha value is -2.68. The smallest absolute Gasteiger partial charge is 0.391 e. The lowest BCUT2D eigenvalue weighted by Crippen LogP contribution is -2.27. The first-order valence-corrected chi connectivity index (χ1v) is 7.70. The number of hydrogen-bond donors (Lipinski definition) is 2. The maximum atomic E-state index is 13.4. The Balaban J connectivity index is 1.84. The van der Waals surface area contributed by atoms with Gasteiger partial charge in [-0.2, -0.15) is 18.3 Å². The zero-order chi connectivity index (χ0) is 17.6. The van der Waals surface area contributed by atoms with Crippen molar-refractivity contribution in [2.75, 3.05) is 11.4 Å². The van der Waals surface area contributed by atoms with Crippen LogP contribution < -0.4 is 4.90 Å². The second-order valence-corrected chi connectivity index (χ2v) is 5.97. The molecule has 3 aromatic rings. The van der Waals surface area contributed by atoms with Gasteiger partial charge in [-0.1, -0.05) is 18.2 Å². The normalized spacial score (nSPS) is 21.2. The number of halogens is 3. The van der Waals surface area contributed by atoms with Crippen LogP contribution in [0.15, 0.2) is 36.8 Å². The molecule has 6 nitrogen and oxygen atoms in total. The Labute approximate surface area is 140 Å². The van der Waals surface area contributed by atoms with Gasteiger partial charge in [0, 0.05) is 6.54 Å². The number of rotatable bonds is 2. The molecule has 2 aromatic heterocycles. The summed E-state index contributed by atoms with van der Waals surface area (Å²) in [4.78, 5) is 9.96. The third-order valence-electron chi connectivity index (χ3n) is 4.40. The van der Waals surface area contributed by atoms with Crippen LogP contribution in [0.1, 0.15) is 23.6 Å². The molecule has 9 heteroatoms. The van der Waals surface area contributed by atoms with E-state index in [1.807, 2.05) is 0 Å². The van der Waals surface area contributed by atoms with Gasteiger partial charge >= 0.3 is 6.18 Å². The molecular formula is C16H14F3N5O. The molecule has 3 heterocycles. The van der Waals surface area contributed by atoms with Crippen LogP contribution in [0.5, 0.6) is 0 Å². The van der Waals surface area contributed by atoms with Crippen molar-refractivity contribution in [2.24, 2.45) is 0 Å². The van der Waals surface area contributed by atoms with Crippen molar-refractivity contribution in [1.82, 2.24) is 20.2 Å². The van der Waals surface area contributed by atoms with Crippen LogP contribution >= 0.6 is 0 Å². The highest BCUT2D eigenvalue weighted by molar-refractivity contribution is 5.86. The Morgan fingerprint density at radius 2 is 2.00 bits per heavy atom. The first-order chi connectivity index (χ1) is 11.9. The average molecular weight is 349 g/mol. The topological polar surface area (TPSA) is 77.9 Å². The Kier molecular flexibility index (Phi) is 3.60. The predicted molar refractivity (Wildman–Crippen MR) is 83.8 cm³/mol. The number of aliphatic hydroxyl groups excluding tert-OH is 1. The number of fused-ring (bicyclic) bond motifs is 1. The summed E-state index contributed by atoms with van der Waals surface area (Å²) in [5.74, 6) is 0.456. The van der Waals surface area contributed by atoms with Gasteiger partial charge in [-0.25, -0.2) is 9.97 Å². The monoisotopic (exact) mass is 349 g/mol. The molecule has 0 amide bonds. The Morgan fingerprint density at radius 1 is 1.20 bits per heavy atom. The van der Waals surface area contributed by atoms with Gasteiger partial charge in [0.05, 0.1) is 29.3 Å². The van der Waals surface area contributed by atoms with Gasteiger partial charge in [0.1, 0.15) is 12.1 Å². The van der Waals surface area contributed by atoms with E-state index in [4.69, 9.17) is 0 Å². The van der Waals surface area contributed by atoms with Crippen molar-refractivity contribution in [3.8, 4) is 0 Å². The summed E-state index contributed by atoms with van der Waals surface area (Å²) >= 11 is 0. The predicted octanol–water partition coefficient (Wildman–Crippen LogP) is 2.68. The minimum Gasteiger partial charge on any atom is -0.391 e. The van der Waals surface area contributed by atoms with E-state index in [-0.39, 0.29) is 18.5 Å². The van der Waals surface area contributed by atoms with Gasteiger partial charge in [0.25, 0.3) is 0 Å². The molecule has 2 atom stereocenters. The third-order valence-corrected chi connectivity index (χ3v) is 4.40. The molecule has 1 fully saturated rings. The number of anilines is 1. The van der Waals surface area contributed by atoms with Gasteiger partial charge < -0.3 is 10.0 Å². The van der Waals surface area contributed by atoms with Crippen LogP contribution in [0.25, 0.3) is 11.0 Å². The van der Waals surface area contributed by atoms with Gasteiger partial charge in [0.15, 0.2) is 5.65 Å². The highest BCUT2D eigenvalue weighted by Crippen LogP contribution is 2.42. The van der Waals surface area contributed by atoms with Crippen molar-refractivity contribution in [3.63, 3.8) is 0 Å². The largest absolute Gasteiger partial charge is 0.416 e. The van der Waals surface area contributed by atoms with E-state index in [1.165, 1.54) is 24.7 Å². The molecule has 2 N–H and O–H groups in total. The molecule has 0 bridgehead atoms. The SMILES string of the molecule is OC1CC(c2ccccc2C(F)(F)F)N(c2ncnc3[nH]ncc23)C1. The molecule has 25 heavy (non-hydrogen) atoms. The van der Waals surface area contributed by atoms with Crippen LogP contribution in [-0.2, 0) is 6.18 Å². The minimum absolute atomic E-state index is 0.127. The fourth-order valence-electron chi connectivity index (χ4n) is 3.37. The van der Waals surface area contributed by atoms with Crippen LogP contribution in [-0.4, -0.2) is 37.9 Å². The number of H-pyrrole nitrogens is 1. The van der Waals surface area contributed by atoms with E-state index in [9.17, 15) is 18.3 Å². The lowest BCUT2D eigenvalue weighted by Gasteiger charge is -2.28. The molecule has 0 saturated carbocycles. The van der Waals surface area contributed by atoms with Crippen molar-refractivity contribution in [2.45, 2.75) is 24.7 Å². The second kappa shape index (κ2) is 5.69. The van der Waals surface area contributed by atoms with Crippen LogP contribution in [0.2, 0.25) is 0 Å². The molecule has 2 unspecified atom stereocenters. The van der Waals surface area contributed by atoms with E-state index in [1.54, 1.807) is 11.0 Å². The number of nitrogens with zero attached hydrogens (tertiary/aromatic N) is 4. The van der Waals surface area contributed by atoms with Crippen LogP contribution in [0, 0.1) is 0 Å². The summed E-state index contributed by atoms with van der Waals surface area (Å²) < 4.78 is 40.2. The quantitative estimate of drug-likeness (QED) is 0.744. The standard InChI is InChI=1S/C16H14F3N5O/c17-16(18,19)12-4-2-1-3-10(12)13-5-9(25)7-24(13)15-11-6-22-23-14(11)20-8-21-15/h1-4,6,8-9,13,25H,5,7H2,(H,20,21,22,23). The number of benzene rings is 1. The molecular weight excluding hydrogens is 335 g/mol. The summed E-state index contributed by atoms with van der Waals surface area (Å²) in [5, 5.41) is 17.3. The molecule has 0 spiro atoms. The maximum Gasteiger partial charge on any atom is 0.416 e.